The van der Waals surface area contributed by atoms with Crippen LogP contribution in [0.4, 0.5) is 4.39 Å². The zero-order valence-corrected chi connectivity index (χ0v) is 19.9. The summed E-state index contributed by atoms with van der Waals surface area (Å²) in [5.74, 6) is -0.221. The molecule has 1 aromatic heterocycles. The van der Waals surface area contributed by atoms with E-state index in [0.717, 1.165) is 0 Å². The molecule has 0 radical (unpaired) electrons. The van der Waals surface area contributed by atoms with Crippen molar-refractivity contribution in [2.75, 3.05) is 13.2 Å². The Morgan fingerprint density at radius 3 is 2.33 bits per heavy atom. The number of amidine groups is 1. The summed E-state index contributed by atoms with van der Waals surface area (Å²) in [6, 6.07) is 23.1. The molecule has 4 rings (SSSR count). The Hall–Kier alpha value is -4.30. The fourth-order valence-electron chi connectivity index (χ4n) is 4.11. The number of alkyl halides is 1. The lowest BCUT2D eigenvalue weighted by atomic mass is 9.85. The molecule has 1 heterocycles. The molecule has 0 aliphatic carbocycles. The van der Waals surface area contributed by atoms with Crippen LogP contribution in [-0.4, -0.2) is 39.6 Å². The number of carbonyl (C=O) groups excluding carboxylic acids is 1. The molecule has 0 unspecified atom stereocenters. The number of nitrogens with one attached hydrogen (secondary N) is 1. The molecule has 0 spiro atoms. The van der Waals surface area contributed by atoms with Crippen molar-refractivity contribution in [2.24, 2.45) is 10.7 Å². The second-order valence-corrected chi connectivity index (χ2v) is 8.15. The first kappa shape index (κ1) is 24.8. The van der Waals surface area contributed by atoms with Crippen molar-refractivity contribution >= 4 is 22.8 Å². The minimum atomic E-state index is -1.65. The zero-order chi connectivity index (χ0) is 25.5. The number of nitrogens with two attached hydrogens (primary N) is 1. The number of carbonyl (C=O) groups is 1. The average Bonchev–Trinajstić information content (AvgIpc) is 3.27. The number of amides is 1. The number of aliphatic hydroxyl groups is 1. The third-order valence-corrected chi connectivity index (χ3v) is 5.82. The third-order valence-electron chi connectivity index (χ3n) is 5.82. The van der Waals surface area contributed by atoms with Crippen molar-refractivity contribution in [3.8, 4) is 0 Å². The highest BCUT2D eigenvalue weighted by Crippen LogP contribution is 2.37. The minimum absolute atomic E-state index is 0.0533. The lowest BCUT2D eigenvalue weighted by Gasteiger charge is -2.29. The number of aliphatic imine (C=N–C) groups is 1. The van der Waals surface area contributed by atoms with Crippen molar-refractivity contribution in [1.29, 1.82) is 0 Å². The summed E-state index contributed by atoms with van der Waals surface area (Å²) in [5, 5.41) is 15.2. The fraction of sp³-hybridized carbons (Fsp3) is 0.179. The molecule has 0 bridgehead atoms. The van der Waals surface area contributed by atoms with E-state index < -0.39 is 18.2 Å². The van der Waals surface area contributed by atoms with Crippen LogP contribution < -0.4 is 11.1 Å². The minimum Gasteiger partial charge on any atom is -0.391 e. The van der Waals surface area contributed by atoms with Gasteiger partial charge in [-0.3, -0.25) is 4.79 Å². The molecule has 4 aromatic rings. The first-order valence-corrected chi connectivity index (χ1v) is 11.7. The van der Waals surface area contributed by atoms with E-state index in [9.17, 15) is 14.3 Å². The monoisotopic (exact) mass is 485 g/mol. The van der Waals surface area contributed by atoms with Crippen LogP contribution in [-0.2, 0) is 12.1 Å². The number of imidazole rings is 1. The van der Waals surface area contributed by atoms with Gasteiger partial charge in [0.25, 0.3) is 5.91 Å². The summed E-state index contributed by atoms with van der Waals surface area (Å²) < 4.78 is 15.4. The van der Waals surface area contributed by atoms with Gasteiger partial charge in [-0.1, -0.05) is 60.7 Å². The Bertz CT molecular complexity index is 1360. The summed E-state index contributed by atoms with van der Waals surface area (Å²) in [6.07, 6.45) is 3.12. The molecule has 0 fully saturated rings. The van der Waals surface area contributed by atoms with Gasteiger partial charge in [-0.05, 0) is 42.3 Å². The van der Waals surface area contributed by atoms with E-state index in [2.05, 4.69) is 10.3 Å². The number of aryl methyl sites for hydroxylation is 1. The lowest BCUT2D eigenvalue weighted by Crippen LogP contribution is -2.33. The molecule has 0 atom stereocenters. The molecule has 0 aliphatic heterocycles. The van der Waals surface area contributed by atoms with Crippen LogP contribution in [0.3, 0.4) is 0 Å². The number of benzene rings is 3. The number of hydrogen-bond acceptors (Lipinski definition) is 4. The first-order valence-electron chi connectivity index (χ1n) is 11.7. The van der Waals surface area contributed by atoms with E-state index in [1.807, 2.05) is 43.3 Å². The Kier molecular flexibility index (Phi) is 7.56. The normalized spacial score (nSPS) is 12.4. The van der Waals surface area contributed by atoms with Crippen molar-refractivity contribution in [2.45, 2.75) is 19.1 Å². The molecule has 4 N–H and O–H groups in total. The maximum Gasteiger partial charge on any atom is 0.279 e. The number of fused-ring (bicyclic) bond motifs is 1. The van der Waals surface area contributed by atoms with Gasteiger partial charge in [-0.15, -0.1) is 0 Å². The van der Waals surface area contributed by atoms with Gasteiger partial charge in [0.2, 0.25) is 0 Å². The van der Waals surface area contributed by atoms with Gasteiger partial charge in [-0.2, -0.15) is 4.99 Å². The average molecular weight is 486 g/mol. The molecule has 3 aromatic carbocycles. The molecule has 1 amide bonds. The highest BCUT2D eigenvalue weighted by Gasteiger charge is 2.39. The second kappa shape index (κ2) is 11.0. The van der Waals surface area contributed by atoms with Gasteiger partial charge in [0.05, 0.1) is 17.6 Å². The van der Waals surface area contributed by atoms with Crippen molar-refractivity contribution in [3.63, 3.8) is 0 Å². The second-order valence-electron chi connectivity index (χ2n) is 8.15. The fourth-order valence-corrected chi connectivity index (χ4v) is 4.11. The van der Waals surface area contributed by atoms with E-state index >= 15 is 0 Å². The Balaban J connectivity index is 1.86. The Morgan fingerprint density at radius 2 is 1.75 bits per heavy atom. The Morgan fingerprint density at radius 1 is 1.11 bits per heavy atom. The van der Waals surface area contributed by atoms with Crippen molar-refractivity contribution in [1.82, 2.24) is 14.9 Å². The number of rotatable bonds is 9. The summed E-state index contributed by atoms with van der Waals surface area (Å²) in [6.45, 7) is 1.91. The summed E-state index contributed by atoms with van der Waals surface area (Å²) in [4.78, 5) is 21.4. The van der Waals surface area contributed by atoms with Crippen LogP contribution in [0.15, 0.2) is 96.1 Å². The van der Waals surface area contributed by atoms with Crippen LogP contribution in [0.5, 0.6) is 0 Å². The van der Waals surface area contributed by atoms with E-state index in [1.165, 1.54) is 6.08 Å². The standard InChI is InChI=1S/C28H28FN5O2/c1-2-31-17-15-25(30)33-26(35)20-13-14-23-24(19-20)34(18-16-29)27(32-23)28(36,21-9-5-3-6-10-21)22-11-7-4-8-12-22/h3-15,17,19,31,36H,2,16,18H2,1H3,(H2,30,33,35)/b17-15-. The quantitative estimate of drug-likeness (QED) is 0.246. The predicted octanol–water partition coefficient (Wildman–Crippen LogP) is 3.91. The van der Waals surface area contributed by atoms with Gasteiger partial charge in [-0.25, -0.2) is 9.37 Å². The molecular weight excluding hydrogens is 457 g/mol. The number of hydrogen-bond donors (Lipinski definition) is 3. The molecule has 8 heteroatoms. The number of nitrogens with zero attached hydrogens (tertiary/aromatic N) is 3. The molecule has 184 valence electrons. The van der Waals surface area contributed by atoms with Gasteiger partial charge in [0.15, 0.2) is 11.4 Å². The van der Waals surface area contributed by atoms with Gasteiger partial charge in [0.1, 0.15) is 12.5 Å². The maximum absolute atomic E-state index is 13.8. The maximum atomic E-state index is 13.8. The summed E-state index contributed by atoms with van der Waals surface area (Å²) in [5.41, 5.74) is 6.67. The molecule has 0 saturated carbocycles. The highest BCUT2D eigenvalue weighted by molar-refractivity contribution is 6.07. The number of halogens is 1. The van der Waals surface area contributed by atoms with E-state index in [-0.39, 0.29) is 23.8 Å². The first-order chi connectivity index (χ1) is 17.5. The Labute approximate surface area is 208 Å². The van der Waals surface area contributed by atoms with E-state index in [0.29, 0.717) is 28.7 Å². The SMILES string of the molecule is CCN/C=C\C(N)=NC(=O)c1ccc2nc(C(O)(c3ccccc3)c3ccccc3)n(CCF)c2c1. The van der Waals surface area contributed by atoms with Crippen molar-refractivity contribution < 1.29 is 14.3 Å². The van der Waals surface area contributed by atoms with Gasteiger partial charge >= 0.3 is 0 Å². The molecule has 36 heavy (non-hydrogen) atoms. The smallest absolute Gasteiger partial charge is 0.279 e. The summed E-state index contributed by atoms with van der Waals surface area (Å²) >= 11 is 0. The van der Waals surface area contributed by atoms with E-state index in [1.54, 1.807) is 53.2 Å². The zero-order valence-electron chi connectivity index (χ0n) is 19.9. The topological polar surface area (TPSA) is 106 Å². The van der Waals surface area contributed by atoms with Gasteiger partial charge in [0, 0.05) is 18.3 Å². The largest absolute Gasteiger partial charge is 0.391 e. The summed E-state index contributed by atoms with van der Waals surface area (Å²) in [7, 11) is 0. The van der Waals surface area contributed by atoms with Crippen molar-refractivity contribution in [3.05, 3.63) is 114 Å². The van der Waals surface area contributed by atoms with Crippen LogP contribution in [0.25, 0.3) is 11.0 Å². The predicted molar refractivity (Wildman–Crippen MR) is 139 cm³/mol. The van der Waals surface area contributed by atoms with Crippen LogP contribution in [0, 0.1) is 0 Å². The van der Waals surface area contributed by atoms with Crippen LogP contribution in [0.2, 0.25) is 0 Å². The van der Waals surface area contributed by atoms with Gasteiger partial charge < -0.3 is 20.7 Å². The highest BCUT2D eigenvalue weighted by atomic mass is 19.1. The van der Waals surface area contributed by atoms with Crippen LogP contribution in [0.1, 0.15) is 34.2 Å². The lowest BCUT2D eigenvalue weighted by molar-refractivity contribution is 0.100. The molecular formula is C28H28FN5O2. The van der Waals surface area contributed by atoms with Crippen LogP contribution >= 0.6 is 0 Å². The third kappa shape index (κ3) is 4.89. The molecule has 0 saturated heterocycles. The molecule has 0 aliphatic rings. The number of aromatic nitrogens is 2. The van der Waals surface area contributed by atoms with E-state index in [4.69, 9.17) is 10.7 Å². The molecule has 7 nitrogen and oxygen atoms in total.